The van der Waals surface area contributed by atoms with Gasteiger partial charge in [-0.3, -0.25) is 0 Å². The predicted molar refractivity (Wildman–Crippen MR) is 74.6 cm³/mol. The number of ether oxygens (including phenoxy) is 1. The SMILES string of the molecule is CCOc1ccc(CNCc2ccc(F)cc2)cc1. The van der Waals surface area contributed by atoms with Gasteiger partial charge in [0.15, 0.2) is 0 Å². The van der Waals surface area contributed by atoms with Crippen LogP contribution in [0.4, 0.5) is 4.39 Å². The second kappa shape index (κ2) is 6.90. The zero-order valence-electron chi connectivity index (χ0n) is 11.0. The van der Waals surface area contributed by atoms with Crippen LogP contribution in [-0.4, -0.2) is 6.61 Å². The molecule has 2 rings (SSSR count). The maximum absolute atomic E-state index is 12.7. The summed E-state index contributed by atoms with van der Waals surface area (Å²) in [5, 5.41) is 3.33. The molecule has 2 aromatic carbocycles. The fourth-order valence-electron chi connectivity index (χ4n) is 1.82. The lowest BCUT2D eigenvalue weighted by atomic mass is 10.2. The van der Waals surface area contributed by atoms with Crippen molar-refractivity contribution in [1.29, 1.82) is 0 Å². The van der Waals surface area contributed by atoms with Crippen LogP contribution in [0.5, 0.6) is 5.75 Å². The number of hydrogen-bond donors (Lipinski definition) is 1. The van der Waals surface area contributed by atoms with Crippen molar-refractivity contribution in [3.05, 3.63) is 65.5 Å². The lowest BCUT2D eigenvalue weighted by Crippen LogP contribution is -2.12. The highest BCUT2D eigenvalue weighted by Gasteiger charge is 1.96. The molecule has 0 fully saturated rings. The summed E-state index contributed by atoms with van der Waals surface area (Å²) >= 11 is 0. The minimum atomic E-state index is -0.199. The molecule has 100 valence electrons. The summed E-state index contributed by atoms with van der Waals surface area (Å²) < 4.78 is 18.1. The molecule has 0 spiro atoms. The van der Waals surface area contributed by atoms with Crippen molar-refractivity contribution in [2.75, 3.05) is 6.61 Å². The van der Waals surface area contributed by atoms with Crippen LogP contribution in [0.2, 0.25) is 0 Å². The second-order valence-corrected chi connectivity index (χ2v) is 4.31. The van der Waals surface area contributed by atoms with E-state index in [0.717, 1.165) is 24.4 Å². The van der Waals surface area contributed by atoms with Crippen LogP contribution < -0.4 is 10.1 Å². The van der Waals surface area contributed by atoms with Gasteiger partial charge in [0.2, 0.25) is 0 Å². The van der Waals surface area contributed by atoms with E-state index in [4.69, 9.17) is 4.74 Å². The van der Waals surface area contributed by atoms with E-state index in [-0.39, 0.29) is 5.82 Å². The largest absolute Gasteiger partial charge is 0.494 e. The lowest BCUT2D eigenvalue weighted by molar-refractivity contribution is 0.340. The molecule has 0 atom stereocenters. The van der Waals surface area contributed by atoms with Crippen molar-refractivity contribution < 1.29 is 9.13 Å². The van der Waals surface area contributed by atoms with E-state index in [1.165, 1.54) is 17.7 Å². The van der Waals surface area contributed by atoms with Crippen molar-refractivity contribution in [3.8, 4) is 5.75 Å². The van der Waals surface area contributed by atoms with Crippen LogP contribution in [-0.2, 0) is 13.1 Å². The Kier molecular flexibility index (Phi) is 4.93. The first-order valence-electron chi connectivity index (χ1n) is 6.45. The Morgan fingerprint density at radius 2 is 1.42 bits per heavy atom. The molecular formula is C16H18FNO. The minimum absolute atomic E-state index is 0.199. The maximum atomic E-state index is 12.7. The van der Waals surface area contributed by atoms with Gasteiger partial charge >= 0.3 is 0 Å². The van der Waals surface area contributed by atoms with E-state index >= 15 is 0 Å². The van der Waals surface area contributed by atoms with Gasteiger partial charge in [0.25, 0.3) is 0 Å². The molecule has 0 aliphatic heterocycles. The highest BCUT2D eigenvalue weighted by Crippen LogP contribution is 2.12. The molecule has 3 heteroatoms. The molecule has 0 heterocycles. The summed E-state index contributed by atoms with van der Waals surface area (Å²) in [7, 11) is 0. The minimum Gasteiger partial charge on any atom is -0.494 e. The van der Waals surface area contributed by atoms with Crippen LogP contribution in [0, 0.1) is 5.82 Å². The molecule has 0 amide bonds. The molecule has 0 saturated heterocycles. The topological polar surface area (TPSA) is 21.3 Å². The van der Waals surface area contributed by atoms with Crippen LogP contribution in [0.15, 0.2) is 48.5 Å². The number of rotatable bonds is 6. The summed E-state index contributed by atoms with van der Waals surface area (Å²) in [5.74, 6) is 0.694. The quantitative estimate of drug-likeness (QED) is 0.857. The molecule has 0 saturated carbocycles. The van der Waals surface area contributed by atoms with Crippen LogP contribution in [0.1, 0.15) is 18.1 Å². The Hall–Kier alpha value is -1.87. The summed E-state index contributed by atoms with van der Waals surface area (Å²) in [5.41, 5.74) is 2.28. The molecule has 0 aromatic heterocycles. The van der Waals surface area contributed by atoms with Crippen molar-refractivity contribution in [2.45, 2.75) is 20.0 Å². The predicted octanol–water partition coefficient (Wildman–Crippen LogP) is 3.51. The average molecular weight is 259 g/mol. The number of nitrogens with one attached hydrogen (secondary N) is 1. The number of hydrogen-bond acceptors (Lipinski definition) is 2. The molecule has 0 radical (unpaired) electrons. The van der Waals surface area contributed by atoms with Crippen molar-refractivity contribution >= 4 is 0 Å². The highest BCUT2D eigenvalue weighted by molar-refractivity contribution is 5.27. The first-order valence-corrected chi connectivity index (χ1v) is 6.45. The Labute approximate surface area is 113 Å². The van der Waals surface area contributed by atoms with Crippen LogP contribution in [0.3, 0.4) is 0 Å². The van der Waals surface area contributed by atoms with Gasteiger partial charge in [0, 0.05) is 13.1 Å². The molecule has 0 aliphatic carbocycles. The van der Waals surface area contributed by atoms with Gasteiger partial charge in [-0.15, -0.1) is 0 Å². The summed E-state index contributed by atoms with van der Waals surface area (Å²) in [6, 6.07) is 14.6. The molecule has 0 aliphatic rings. The van der Waals surface area contributed by atoms with E-state index in [9.17, 15) is 4.39 Å². The van der Waals surface area contributed by atoms with Gasteiger partial charge in [0.1, 0.15) is 11.6 Å². The summed E-state index contributed by atoms with van der Waals surface area (Å²) in [6.07, 6.45) is 0. The monoisotopic (exact) mass is 259 g/mol. The Morgan fingerprint density at radius 1 is 0.895 bits per heavy atom. The fourth-order valence-corrected chi connectivity index (χ4v) is 1.82. The maximum Gasteiger partial charge on any atom is 0.123 e. The normalized spacial score (nSPS) is 10.4. The van der Waals surface area contributed by atoms with Crippen molar-refractivity contribution in [3.63, 3.8) is 0 Å². The Balaban J connectivity index is 1.80. The van der Waals surface area contributed by atoms with Crippen LogP contribution in [0.25, 0.3) is 0 Å². The third-order valence-corrected chi connectivity index (χ3v) is 2.81. The highest BCUT2D eigenvalue weighted by atomic mass is 19.1. The summed E-state index contributed by atoms with van der Waals surface area (Å²) in [4.78, 5) is 0. The van der Waals surface area contributed by atoms with E-state index < -0.39 is 0 Å². The Bertz CT molecular complexity index is 493. The third-order valence-electron chi connectivity index (χ3n) is 2.81. The summed E-state index contributed by atoms with van der Waals surface area (Å²) in [6.45, 7) is 4.16. The molecule has 0 bridgehead atoms. The fraction of sp³-hybridized carbons (Fsp3) is 0.250. The number of benzene rings is 2. The van der Waals surface area contributed by atoms with Crippen molar-refractivity contribution in [2.24, 2.45) is 0 Å². The molecule has 2 nitrogen and oxygen atoms in total. The smallest absolute Gasteiger partial charge is 0.123 e. The van der Waals surface area contributed by atoms with Gasteiger partial charge < -0.3 is 10.1 Å². The molecule has 19 heavy (non-hydrogen) atoms. The van der Waals surface area contributed by atoms with Gasteiger partial charge in [-0.2, -0.15) is 0 Å². The third kappa shape index (κ3) is 4.38. The number of halogens is 1. The molecule has 2 aromatic rings. The zero-order chi connectivity index (χ0) is 13.5. The van der Waals surface area contributed by atoms with Crippen LogP contribution >= 0.6 is 0 Å². The van der Waals surface area contributed by atoms with E-state index in [2.05, 4.69) is 5.32 Å². The van der Waals surface area contributed by atoms with Crippen molar-refractivity contribution in [1.82, 2.24) is 5.32 Å². The zero-order valence-corrected chi connectivity index (χ0v) is 11.0. The first-order chi connectivity index (χ1) is 9.28. The standard InChI is InChI=1S/C16H18FNO/c1-2-19-16-9-5-14(6-10-16)12-18-11-13-3-7-15(17)8-4-13/h3-10,18H,2,11-12H2,1H3. The van der Waals surface area contributed by atoms with E-state index in [0.29, 0.717) is 6.61 Å². The van der Waals surface area contributed by atoms with Gasteiger partial charge in [-0.1, -0.05) is 24.3 Å². The second-order valence-electron chi connectivity index (χ2n) is 4.31. The van der Waals surface area contributed by atoms with Gasteiger partial charge in [-0.05, 0) is 42.3 Å². The Morgan fingerprint density at radius 3 is 1.95 bits per heavy atom. The molecule has 0 unspecified atom stereocenters. The first kappa shape index (κ1) is 13.6. The van der Waals surface area contributed by atoms with E-state index in [1.54, 1.807) is 12.1 Å². The molecule has 1 N–H and O–H groups in total. The van der Waals surface area contributed by atoms with E-state index in [1.807, 2.05) is 31.2 Å². The molecular weight excluding hydrogens is 241 g/mol. The average Bonchev–Trinajstić information content (AvgIpc) is 2.43. The van der Waals surface area contributed by atoms with Gasteiger partial charge in [-0.25, -0.2) is 4.39 Å². The van der Waals surface area contributed by atoms with Gasteiger partial charge in [0.05, 0.1) is 6.61 Å². The lowest BCUT2D eigenvalue weighted by Gasteiger charge is -2.07.